The molecule has 0 spiro atoms. The lowest BCUT2D eigenvalue weighted by Crippen LogP contribution is -2.10. The smallest absolute Gasteiger partial charge is 0.280 e. The third-order valence-electron chi connectivity index (χ3n) is 2.06. The van der Waals surface area contributed by atoms with Gasteiger partial charge in [-0.05, 0) is 6.42 Å². The Morgan fingerprint density at radius 3 is 3.12 bits per heavy atom. The van der Waals surface area contributed by atoms with Crippen molar-refractivity contribution < 1.29 is 4.52 Å². The molecule has 2 aromatic rings. The van der Waals surface area contributed by atoms with Crippen LogP contribution in [0.4, 0.5) is 0 Å². The zero-order chi connectivity index (χ0) is 11.4. The van der Waals surface area contributed by atoms with Crippen LogP contribution in [0.1, 0.15) is 19.2 Å². The van der Waals surface area contributed by atoms with Gasteiger partial charge in [-0.25, -0.2) is 0 Å². The highest BCUT2D eigenvalue weighted by Gasteiger charge is 2.11. The van der Waals surface area contributed by atoms with Gasteiger partial charge in [-0.2, -0.15) is 4.98 Å². The molecule has 7 nitrogen and oxygen atoms in total. The van der Waals surface area contributed by atoms with E-state index in [2.05, 4.69) is 27.4 Å². The first-order valence-electron chi connectivity index (χ1n) is 5.26. The summed E-state index contributed by atoms with van der Waals surface area (Å²) in [5.41, 5.74) is 6.00. The Morgan fingerprint density at radius 2 is 2.38 bits per heavy atom. The van der Waals surface area contributed by atoms with Gasteiger partial charge < -0.3 is 10.3 Å². The van der Waals surface area contributed by atoms with Crippen molar-refractivity contribution in [2.24, 2.45) is 5.73 Å². The SMILES string of the molecule is CCCc1noc(-c2cn(CCN)nn2)n1. The number of nitrogens with two attached hydrogens (primary N) is 1. The topological polar surface area (TPSA) is 95.7 Å². The molecule has 0 saturated carbocycles. The van der Waals surface area contributed by atoms with Gasteiger partial charge in [0.15, 0.2) is 11.5 Å². The molecule has 0 fully saturated rings. The summed E-state index contributed by atoms with van der Waals surface area (Å²) in [4.78, 5) is 4.22. The molecule has 0 bridgehead atoms. The quantitative estimate of drug-likeness (QED) is 0.778. The maximum Gasteiger partial charge on any atom is 0.280 e. The molecule has 2 aromatic heterocycles. The first kappa shape index (κ1) is 10.7. The fourth-order valence-corrected chi connectivity index (χ4v) is 1.32. The first-order valence-corrected chi connectivity index (χ1v) is 5.26. The number of hydrogen-bond donors (Lipinski definition) is 1. The van der Waals surface area contributed by atoms with Gasteiger partial charge in [0.2, 0.25) is 0 Å². The van der Waals surface area contributed by atoms with Crippen molar-refractivity contribution in [1.82, 2.24) is 25.1 Å². The molecule has 0 unspecified atom stereocenters. The van der Waals surface area contributed by atoms with Crippen LogP contribution in [0.15, 0.2) is 10.7 Å². The number of rotatable bonds is 5. The molecule has 0 atom stereocenters. The monoisotopic (exact) mass is 222 g/mol. The summed E-state index contributed by atoms with van der Waals surface area (Å²) in [5.74, 6) is 1.11. The second-order valence-electron chi connectivity index (χ2n) is 3.42. The van der Waals surface area contributed by atoms with Crippen molar-refractivity contribution in [3.05, 3.63) is 12.0 Å². The molecule has 0 saturated heterocycles. The fraction of sp³-hybridized carbons (Fsp3) is 0.556. The Labute approximate surface area is 92.6 Å². The lowest BCUT2D eigenvalue weighted by molar-refractivity contribution is 0.421. The summed E-state index contributed by atoms with van der Waals surface area (Å²) in [6.45, 7) is 3.21. The molecule has 86 valence electrons. The van der Waals surface area contributed by atoms with Crippen LogP contribution in [-0.2, 0) is 13.0 Å². The minimum atomic E-state index is 0.409. The number of nitrogens with zero attached hydrogens (tertiary/aromatic N) is 5. The Kier molecular flexibility index (Phi) is 3.25. The van der Waals surface area contributed by atoms with E-state index in [0.717, 1.165) is 12.8 Å². The lowest BCUT2D eigenvalue weighted by Gasteiger charge is -1.91. The van der Waals surface area contributed by atoms with Crippen LogP contribution < -0.4 is 5.73 Å². The molecular formula is C9H14N6O. The van der Waals surface area contributed by atoms with Gasteiger partial charge in [-0.3, -0.25) is 4.68 Å². The second kappa shape index (κ2) is 4.84. The van der Waals surface area contributed by atoms with E-state index in [1.807, 2.05) is 0 Å². The third-order valence-corrected chi connectivity index (χ3v) is 2.06. The Bertz CT molecular complexity index is 406. The van der Waals surface area contributed by atoms with Crippen LogP contribution in [0.2, 0.25) is 0 Å². The highest BCUT2D eigenvalue weighted by molar-refractivity contribution is 5.43. The van der Waals surface area contributed by atoms with Gasteiger partial charge in [-0.1, -0.05) is 17.3 Å². The molecule has 2 N–H and O–H groups in total. The van der Waals surface area contributed by atoms with Crippen LogP contribution in [0.3, 0.4) is 0 Å². The van der Waals surface area contributed by atoms with Gasteiger partial charge in [0, 0.05) is 13.0 Å². The molecule has 0 aliphatic heterocycles. The first-order chi connectivity index (χ1) is 7.83. The van der Waals surface area contributed by atoms with Crippen molar-refractivity contribution in [2.75, 3.05) is 6.54 Å². The average Bonchev–Trinajstić information content (AvgIpc) is 2.87. The molecule has 16 heavy (non-hydrogen) atoms. The highest BCUT2D eigenvalue weighted by Crippen LogP contribution is 2.13. The van der Waals surface area contributed by atoms with Crippen LogP contribution >= 0.6 is 0 Å². The molecule has 2 rings (SSSR count). The van der Waals surface area contributed by atoms with E-state index in [0.29, 0.717) is 30.5 Å². The van der Waals surface area contributed by atoms with Crippen LogP contribution in [0.5, 0.6) is 0 Å². The highest BCUT2D eigenvalue weighted by atomic mass is 16.5. The van der Waals surface area contributed by atoms with Crippen LogP contribution in [0.25, 0.3) is 11.6 Å². The molecule has 0 aliphatic rings. The molecular weight excluding hydrogens is 208 g/mol. The maximum absolute atomic E-state index is 5.41. The van der Waals surface area contributed by atoms with Crippen molar-refractivity contribution in [2.45, 2.75) is 26.3 Å². The van der Waals surface area contributed by atoms with E-state index in [1.54, 1.807) is 10.9 Å². The fourth-order valence-electron chi connectivity index (χ4n) is 1.32. The number of aryl methyl sites for hydroxylation is 1. The van der Waals surface area contributed by atoms with Gasteiger partial charge in [0.05, 0.1) is 12.7 Å². The zero-order valence-electron chi connectivity index (χ0n) is 9.13. The summed E-state index contributed by atoms with van der Waals surface area (Å²) in [5, 5.41) is 11.7. The van der Waals surface area contributed by atoms with Gasteiger partial charge in [0.1, 0.15) is 0 Å². The lowest BCUT2D eigenvalue weighted by atomic mass is 10.3. The summed E-state index contributed by atoms with van der Waals surface area (Å²) < 4.78 is 6.74. The largest absolute Gasteiger partial charge is 0.332 e. The molecule has 7 heteroatoms. The van der Waals surface area contributed by atoms with Crippen LogP contribution in [0, 0.1) is 0 Å². The van der Waals surface area contributed by atoms with E-state index in [-0.39, 0.29) is 0 Å². The molecule has 2 heterocycles. The Balaban J connectivity index is 2.14. The normalized spacial score (nSPS) is 10.9. The molecule has 0 amide bonds. The van der Waals surface area contributed by atoms with Gasteiger partial charge in [0.25, 0.3) is 5.89 Å². The number of aromatic nitrogens is 5. The molecule has 0 aliphatic carbocycles. The Morgan fingerprint density at radius 1 is 1.50 bits per heavy atom. The van der Waals surface area contributed by atoms with E-state index in [4.69, 9.17) is 10.3 Å². The summed E-state index contributed by atoms with van der Waals surface area (Å²) in [6, 6.07) is 0. The van der Waals surface area contributed by atoms with Crippen molar-refractivity contribution in [3.63, 3.8) is 0 Å². The summed E-state index contributed by atoms with van der Waals surface area (Å²) >= 11 is 0. The second-order valence-corrected chi connectivity index (χ2v) is 3.42. The summed E-state index contributed by atoms with van der Waals surface area (Å²) in [6.07, 6.45) is 3.54. The van der Waals surface area contributed by atoms with E-state index < -0.39 is 0 Å². The average molecular weight is 222 g/mol. The molecule has 0 radical (unpaired) electrons. The molecule has 0 aromatic carbocycles. The predicted molar refractivity (Wildman–Crippen MR) is 56.4 cm³/mol. The zero-order valence-corrected chi connectivity index (χ0v) is 9.13. The van der Waals surface area contributed by atoms with Crippen LogP contribution in [-0.4, -0.2) is 31.7 Å². The van der Waals surface area contributed by atoms with E-state index >= 15 is 0 Å². The minimum Gasteiger partial charge on any atom is -0.332 e. The Hall–Kier alpha value is -1.76. The maximum atomic E-state index is 5.41. The van der Waals surface area contributed by atoms with Crippen molar-refractivity contribution in [1.29, 1.82) is 0 Å². The minimum absolute atomic E-state index is 0.409. The van der Waals surface area contributed by atoms with E-state index in [9.17, 15) is 0 Å². The van der Waals surface area contributed by atoms with Crippen molar-refractivity contribution in [3.8, 4) is 11.6 Å². The van der Waals surface area contributed by atoms with Crippen molar-refractivity contribution >= 4 is 0 Å². The van der Waals surface area contributed by atoms with E-state index in [1.165, 1.54) is 0 Å². The van der Waals surface area contributed by atoms with Gasteiger partial charge in [-0.15, -0.1) is 5.10 Å². The number of hydrogen-bond acceptors (Lipinski definition) is 6. The van der Waals surface area contributed by atoms with Gasteiger partial charge >= 0.3 is 0 Å². The third kappa shape index (κ3) is 2.25. The predicted octanol–water partition coefficient (Wildman–Crippen LogP) is 0.239. The summed E-state index contributed by atoms with van der Waals surface area (Å²) in [7, 11) is 0. The standard InChI is InChI=1S/C9H14N6O/c1-2-3-8-11-9(16-13-8)7-6-15(5-4-10)14-12-7/h6H,2-5,10H2,1H3.